The van der Waals surface area contributed by atoms with Gasteiger partial charge in [-0.1, -0.05) is 0 Å². The van der Waals surface area contributed by atoms with Crippen LogP contribution in [0.15, 0.2) is 22.6 Å². The van der Waals surface area contributed by atoms with Crippen molar-refractivity contribution in [3.8, 4) is 0 Å². The van der Waals surface area contributed by atoms with E-state index in [0.717, 1.165) is 30.0 Å². The molecule has 1 atom stereocenters. The molecular formula is C12H13FN2OS. The summed E-state index contributed by atoms with van der Waals surface area (Å²) in [5.74, 6) is 2.64. The van der Waals surface area contributed by atoms with Gasteiger partial charge >= 0.3 is 0 Å². The average molecular weight is 252 g/mol. The Kier molecular flexibility index (Phi) is 3.03. The van der Waals surface area contributed by atoms with Gasteiger partial charge in [-0.3, -0.25) is 0 Å². The highest BCUT2D eigenvalue weighted by atomic mass is 32.2. The van der Waals surface area contributed by atoms with E-state index in [-0.39, 0.29) is 5.82 Å². The zero-order valence-electron chi connectivity index (χ0n) is 9.28. The fraction of sp³-hybridized carbons (Fsp3) is 0.417. The van der Waals surface area contributed by atoms with Crippen molar-refractivity contribution in [3.63, 3.8) is 0 Å². The van der Waals surface area contributed by atoms with E-state index < -0.39 is 0 Å². The fourth-order valence-corrected chi connectivity index (χ4v) is 2.94. The van der Waals surface area contributed by atoms with Crippen LogP contribution < -0.4 is 5.32 Å². The van der Waals surface area contributed by atoms with Gasteiger partial charge in [0.2, 0.25) is 0 Å². The molecule has 2 heterocycles. The van der Waals surface area contributed by atoms with E-state index >= 15 is 0 Å². The number of halogens is 1. The molecule has 1 aromatic carbocycles. The highest BCUT2D eigenvalue weighted by Gasteiger charge is 2.16. The molecular weight excluding hydrogens is 239 g/mol. The fourth-order valence-electron chi connectivity index (χ4n) is 2.00. The maximum absolute atomic E-state index is 13.0. The predicted octanol–water partition coefficient (Wildman–Crippen LogP) is 2.21. The quantitative estimate of drug-likeness (QED) is 0.889. The molecule has 3 nitrogen and oxygen atoms in total. The number of nitrogens with one attached hydrogen (secondary N) is 1. The largest absolute Gasteiger partial charge is 0.441 e. The molecule has 1 unspecified atom stereocenters. The molecule has 3 rings (SSSR count). The van der Waals surface area contributed by atoms with Crippen molar-refractivity contribution in [1.82, 2.24) is 10.3 Å². The predicted molar refractivity (Wildman–Crippen MR) is 66.8 cm³/mol. The Morgan fingerprint density at radius 3 is 3.29 bits per heavy atom. The van der Waals surface area contributed by atoms with Crippen LogP contribution in [-0.2, 0) is 6.42 Å². The molecule has 90 valence electrons. The summed E-state index contributed by atoms with van der Waals surface area (Å²) in [6.45, 7) is 1.03. The van der Waals surface area contributed by atoms with E-state index in [2.05, 4.69) is 10.3 Å². The molecule has 0 amide bonds. The van der Waals surface area contributed by atoms with Crippen LogP contribution in [0.4, 0.5) is 4.39 Å². The van der Waals surface area contributed by atoms with Crippen molar-refractivity contribution >= 4 is 22.9 Å². The van der Waals surface area contributed by atoms with Crippen molar-refractivity contribution < 1.29 is 8.81 Å². The van der Waals surface area contributed by atoms with Gasteiger partial charge in [0.05, 0.1) is 0 Å². The highest BCUT2D eigenvalue weighted by Crippen LogP contribution is 2.19. The lowest BCUT2D eigenvalue weighted by molar-refractivity contribution is 0.468. The molecule has 5 heteroatoms. The number of rotatable bonds is 2. The smallest absolute Gasteiger partial charge is 0.197 e. The molecule has 0 bridgehead atoms. The van der Waals surface area contributed by atoms with E-state index in [1.165, 1.54) is 12.1 Å². The SMILES string of the molecule is Fc1ccc2nc(CC3CSCCN3)oc2c1. The van der Waals surface area contributed by atoms with Gasteiger partial charge in [0.25, 0.3) is 0 Å². The summed E-state index contributed by atoms with van der Waals surface area (Å²) in [5, 5.41) is 3.43. The summed E-state index contributed by atoms with van der Waals surface area (Å²) >= 11 is 1.94. The molecule has 1 aromatic heterocycles. The number of hydrogen-bond acceptors (Lipinski definition) is 4. The third-order valence-electron chi connectivity index (χ3n) is 2.81. The molecule has 0 aliphatic carbocycles. The minimum atomic E-state index is -0.286. The lowest BCUT2D eigenvalue weighted by atomic mass is 10.2. The second-order valence-corrected chi connectivity index (χ2v) is 5.30. The number of aromatic nitrogens is 1. The van der Waals surface area contributed by atoms with Crippen molar-refractivity contribution in [3.05, 3.63) is 29.9 Å². The molecule has 1 N–H and O–H groups in total. The normalized spacial score (nSPS) is 20.9. The van der Waals surface area contributed by atoms with Crippen molar-refractivity contribution in [2.45, 2.75) is 12.5 Å². The summed E-state index contributed by atoms with van der Waals surface area (Å²) in [4.78, 5) is 4.37. The summed E-state index contributed by atoms with van der Waals surface area (Å²) in [7, 11) is 0. The van der Waals surface area contributed by atoms with Crippen LogP contribution in [0.5, 0.6) is 0 Å². The number of oxazole rings is 1. The van der Waals surface area contributed by atoms with E-state index in [1.54, 1.807) is 6.07 Å². The number of thioether (sulfide) groups is 1. The highest BCUT2D eigenvalue weighted by molar-refractivity contribution is 7.99. The molecule has 1 fully saturated rings. The van der Waals surface area contributed by atoms with Crippen LogP contribution in [0.1, 0.15) is 5.89 Å². The van der Waals surface area contributed by atoms with Gasteiger partial charge in [-0.15, -0.1) is 0 Å². The molecule has 1 aliphatic heterocycles. The second-order valence-electron chi connectivity index (χ2n) is 4.15. The lowest BCUT2D eigenvalue weighted by Crippen LogP contribution is -2.38. The summed E-state index contributed by atoms with van der Waals surface area (Å²) < 4.78 is 18.6. The van der Waals surface area contributed by atoms with Crippen LogP contribution >= 0.6 is 11.8 Å². The topological polar surface area (TPSA) is 38.1 Å². The summed E-state index contributed by atoms with van der Waals surface area (Å²) in [6, 6.07) is 4.85. The van der Waals surface area contributed by atoms with Crippen LogP contribution in [-0.4, -0.2) is 29.1 Å². The Hall–Kier alpha value is -1.07. The van der Waals surface area contributed by atoms with Gasteiger partial charge in [0, 0.05) is 36.6 Å². The monoisotopic (exact) mass is 252 g/mol. The van der Waals surface area contributed by atoms with Crippen LogP contribution in [0, 0.1) is 5.82 Å². The standard InChI is InChI=1S/C12H13FN2OS/c13-8-1-2-10-11(5-8)16-12(15-10)6-9-7-17-4-3-14-9/h1-2,5,9,14H,3-4,6-7H2. The first-order valence-electron chi connectivity index (χ1n) is 5.67. The molecule has 0 spiro atoms. The first kappa shape index (κ1) is 11.0. The Balaban J connectivity index is 1.80. The summed E-state index contributed by atoms with van der Waals surface area (Å²) in [6.07, 6.45) is 0.767. The average Bonchev–Trinajstić information content (AvgIpc) is 2.71. The van der Waals surface area contributed by atoms with Gasteiger partial charge < -0.3 is 9.73 Å². The Morgan fingerprint density at radius 2 is 2.47 bits per heavy atom. The molecule has 17 heavy (non-hydrogen) atoms. The van der Waals surface area contributed by atoms with Crippen molar-refractivity contribution in [2.75, 3.05) is 18.1 Å². The zero-order chi connectivity index (χ0) is 11.7. The number of nitrogens with zero attached hydrogens (tertiary/aromatic N) is 1. The maximum atomic E-state index is 13.0. The van der Waals surface area contributed by atoms with Crippen LogP contribution in [0.25, 0.3) is 11.1 Å². The van der Waals surface area contributed by atoms with Crippen LogP contribution in [0.2, 0.25) is 0 Å². The van der Waals surface area contributed by atoms with Gasteiger partial charge in [-0.05, 0) is 12.1 Å². The van der Waals surface area contributed by atoms with E-state index in [9.17, 15) is 4.39 Å². The molecule has 0 saturated carbocycles. The lowest BCUT2D eigenvalue weighted by Gasteiger charge is -2.21. The van der Waals surface area contributed by atoms with Gasteiger partial charge in [0.1, 0.15) is 11.3 Å². The third kappa shape index (κ3) is 2.45. The number of benzene rings is 1. The van der Waals surface area contributed by atoms with Gasteiger partial charge in [-0.25, -0.2) is 9.37 Å². The maximum Gasteiger partial charge on any atom is 0.197 e. The molecule has 0 radical (unpaired) electrons. The minimum absolute atomic E-state index is 0.286. The Labute approximate surface area is 103 Å². The van der Waals surface area contributed by atoms with Crippen molar-refractivity contribution in [1.29, 1.82) is 0 Å². The van der Waals surface area contributed by atoms with Crippen molar-refractivity contribution in [2.24, 2.45) is 0 Å². The van der Waals surface area contributed by atoms with Crippen LogP contribution in [0.3, 0.4) is 0 Å². The first-order valence-corrected chi connectivity index (χ1v) is 6.83. The number of hydrogen-bond donors (Lipinski definition) is 1. The summed E-state index contributed by atoms with van der Waals surface area (Å²) in [5.41, 5.74) is 1.26. The molecule has 2 aromatic rings. The zero-order valence-corrected chi connectivity index (χ0v) is 10.1. The number of fused-ring (bicyclic) bond motifs is 1. The van der Waals surface area contributed by atoms with E-state index in [4.69, 9.17) is 4.42 Å². The van der Waals surface area contributed by atoms with E-state index in [1.807, 2.05) is 11.8 Å². The third-order valence-corrected chi connectivity index (χ3v) is 3.95. The molecule has 1 saturated heterocycles. The second kappa shape index (κ2) is 4.66. The molecule has 1 aliphatic rings. The Bertz CT molecular complexity index is 522. The Morgan fingerprint density at radius 1 is 1.53 bits per heavy atom. The van der Waals surface area contributed by atoms with Gasteiger partial charge in [0.15, 0.2) is 11.5 Å². The van der Waals surface area contributed by atoms with Gasteiger partial charge in [-0.2, -0.15) is 11.8 Å². The minimum Gasteiger partial charge on any atom is -0.441 e. The van der Waals surface area contributed by atoms with E-state index in [0.29, 0.717) is 17.5 Å². The first-order chi connectivity index (χ1) is 8.31.